The monoisotopic (exact) mass is 341 g/mol. The van der Waals surface area contributed by atoms with Gasteiger partial charge in [0.15, 0.2) is 17.4 Å². The summed E-state index contributed by atoms with van der Waals surface area (Å²) in [5, 5.41) is 14.8. The molecule has 0 bridgehead atoms. The first-order valence-corrected chi connectivity index (χ1v) is 8.05. The third kappa shape index (κ3) is 4.00. The number of rotatable bonds is 6. The second kappa shape index (κ2) is 7.40. The van der Waals surface area contributed by atoms with Crippen molar-refractivity contribution in [3.8, 4) is 11.5 Å². The Morgan fingerprint density at radius 1 is 1.08 bits per heavy atom. The number of nitrogens with one attached hydrogen (secondary N) is 1. The molecule has 25 heavy (non-hydrogen) atoms. The molecule has 1 aromatic heterocycles. The minimum Gasteiger partial charge on any atom is -0.454 e. The van der Waals surface area contributed by atoms with Gasteiger partial charge in [-0.3, -0.25) is 0 Å². The van der Waals surface area contributed by atoms with Crippen LogP contribution in [0.5, 0.6) is 11.5 Å². The first-order valence-electron chi connectivity index (χ1n) is 8.05. The number of hydrogen-bond acceptors (Lipinski definition) is 5. The van der Waals surface area contributed by atoms with Crippen LogP contribution in [0.3, 0.4) is 0 Å². The quantitative estimate of drug-likeness (QED) is 0.743. The zero-order valence-corrected chi connectivity index (χ0v) is 14.3. The smallest absolute Gasteiger partial charge is 0.167 e. The van der Waals surface area contributed by atoms with Gasteiger partial charge in [-0.25, -0.2) is 9.07 Å². The van der Waals surface area contributed by atoms with Gasteiger partial charge in [-0.1, -0.05) is 24.3 Å². The van der Waals surface area contributed by atoms with Gasteiger partial charge in [-0.15, -0.1) is 5.10 Å². The maximum atomic E-state index is 14.4. The molecule has 0 fully saturated rings. The summed E-state index contributed by atoms with van der Waals surface area (Å²) in [6, 6.07) is 14.0. The highest BCUT2D eigenvalue weighted by molar-refractivity contribution is 5.35. The summed E-state index contributed by atoms with van der Waals surface area (Å²) in [6.45, 7) is 3.93. The topological polar surface area (TPSA) is 64.9 Å². The molecule has 7 heteroatoms. The average Bonchev–Trinajstić information content (AvgIpc) is 3.03. The maximum Gasteiger partial charge on any atom is 0.167 e. The van der Waals surface area contributed by atoms with E-state index in [2.05, 4.69) is 20.8 Å². The Morgan fingerprint density at radius 3 is 2.48 bits per heavy atom. The summed E-state index contributed by atoms with van der Waals surface area (Å²) in [6.07, 6.45) is 0. The van der Waals surface area contributed by atoms with Crippen LogP contribution in [0.4, 0.5) is 4.39 Å². The molecule has 0 aliphatic carbocycles. The highest BCUT2D eigenvalue weighted by Crippen LogP contribution is 2.27. The van der Waals surface area contributed by atoms with Crippen LogP contribution in [0, 0.1) is 5.82 Å². The number of halogens is 1. The SMILES string of the molecule is C[C@H](N[C@@H](C)c1nnnn1C)c1ccc(Oc2ccccc2)c(F)c1. The fraction of sp³-hybridized carbons (Fsp3) is 0.278. The number of tetrazole rings is 1. The highest BCUT2D eigenvalue weighted by Gasteiger charge is 2.17. The second-order valence-electron chi connectivity index (χ2n) is 5.88. The molecule has 6 nitrogen and oxygen atoms in total. The molecule has 0 unspecified atom stereocenters. The van der Waals surface area contributed by atoms with Crippen LogP contribution in [0.2, 0.25) is 0 Å². The summed E-state index contributed by atoms with van der Waals surface area (Å²) in [5.41, 5.74) is 0.819. The van der Waals surface area contributed by atoms with Gasteiger partial charge in [-0.05, 0) is 54.1 Å². The van der Waals surface area contributed by atoms with Crippen molar-refractivity contribution in [2.45, 2.75) is 25.9 Å². The van der Waals surface area contributed by atoms with E-state index in [9.17, 15) is 4.39 Å². The van der Waals surface area contributed by atoms with Gasteiger partial charge < -0.3 is 10.1 Å². The van der Waals surface area contributed by atoms with Gasteiger partial charge >= 0.3 is 0 Å². The van der Waals surface area contributed by atoms with Crippen LogP contribution in [-0.4, -0.2) is 20.2 Å². The van der Waals surface area contributed by atoms with Crippen LogP contribution in [0.15, 0.2) is 48.5 Å². The van der Waals surface area contributed by atoms with Crippen LogP contribution in [0.25, 0.3) is 0 Å². The van der Waals surface area contributed by atoms with Gasteiger partial charge in [0, 0.05) is 13.1 Å². The Hall–Kier alpha value is -2.80. The Kier molecular flexibility index (Phi) is 5.04. The first kappa shape index (κ1) is 17.0. The average molecular weight is 341 g/mol. The summed E-state index contributed by atoms with van der Waals surface area (Å²) in [4.78, 5) is 0. The van der Waals surface area contributed by atoms with Gasteiger partial charge in [0.05, 0.1) is 6.04 Å². The van der Waals surface area contributed by atoms with Crippen molar-refractivity contribution in [1.29, 1.82) is 0 Å². The van der Waals surface area contributed by atoms with Crippen molar-refractivity contribution in [1.82, 2.24) is 25.5 Å². The summed E-state index contributed by atoms with van der Waals surface area (Å²) in [5.74, 6) is 1.12. The number of aromatic nitrogens is 4. The van der Waals surface area contributed by atoms with E-state index in [1.165, 1.54) is 6.07 Å². The van der Waals surface area contributed by atoms with E-state index in [1.807, 2.05) is 38.1 Å². The normalized spacial score (nSPS) is 13.4. The van der Waals surface area contributed by atoms with Crippen LogP contribution in [0.1, 0.15) is 37.3 Å². The minimum absolute atomic E-state index is 0.0710. The molecule has 0 saturated heterocycles. The molecule has 1 heterocycles. The van der Waals surface area contributed by atoms with E-state index in [0.29, 0.717) is 5.75 Å². The molecule has 0 aliphatic rings. The summed E-state index contributed by atoms with van der Waals surface area (Å²) < 4.78 is 21.6. The number of para-hydroxylation sites is 1. The van der Waals surface area contributed by atoms with Gasteiger partial charge in [0.2, 0.25) is 0 Å². The van der Waals surface area contributed by atoms with Crippen molar-refractivity contribution in [3.05, 3.63) is 65.7 Å². The fourth-order valence-electron chi connectivity index (χ4n) is 2.63. The number of ether oxygens (including phenoxy) is 1. The Balaban J connectivity index is 1.70. The summed E-state index contributed by atoms with van der Waals surface area (Å²) in [7, 11) is 1.79. The molecular formula is C18H20FN5O. The van der Waals surface area contributed by atoms with E-state index in [4.69, 9.17) is 4.74 Å². The molecule has 0 radical (unpaired) electrons. The van der Waals surface area contributed by atoms with E-state index in [0.717, 1.165) is 11.4 Å². The van der Waals surface area contributed by atoms with Crippen LogP contribution < -0.4 is 10.1 Å². The molecule has 0 saturated carbocycles. The van der Waals surface area contributed by atoms with Crippen molar-refractivity contribution in [2.24, 2.45) is 7.05 Å². The molecule has 130 valence electrons. The molecule has 0 amide bonds. The van der Waals surface area contributed by atoms with Crippen molar-refractivity contribution < 1.29 is 9.13 Å². The standard InChI is InChI=1S/C18H20FN5O/c1-12(20-13(2)18-21-22-23-24(18)3)14-9-10-17(16(19)11-14)25-15-7-5-4-6-8-15/h4-13,20H,1-3H3/t12-,13-/m0/s1. The van der Waals surface area contributed by atoms with E-state index >= 15 is 0 Å². The third-order valence-electron chi connectivity index (χ3n) is 3.97. The van der Waals surface area contributed by atoms with Crippen molar-refractivity contribution in [3.63, 3.8) is 0 Å². The van der Waals surface area contributed by atoms with Crippen LogP contribution >= 0.6 is 0 Å². The molecule has 2 atom stereocenters. The van der Waals surface area contributed by atoms with Crippen LogP contribution in [-0.2, 0) is 7.05 Å². The lowest BCUT2D eigenvalue weighted by Gasteiger charge is -2.19. The van der Waals surface area contributed by atoms with E-state index < -0.39 is 5.82 Å². The predicted octanol–water partition coefficient (Wildman–Crippen LogP) is 3.55. The van der Waals surface area contributed by atoms with E-state index in [-0.39, 0.29) is 17.8 Å². The van der Waals surface area contributed by atoms with Gasteiger partial charge in [-0.2, -0.15) is 0 Å². The lowest BCUT2D eigenvalue weighted by Crippen LogP contribution is -2.25. The third-order valence-corrected chi connectivity index (χ3v) is 3.97. The molecule has 3 aromatic rings. The molecule has 2 aromatic carbocycles. The molecular weight excluding hydrogens is 321 g/mol. The van der Waals surface area contributed by atoms with E-state index in [1.54, 1.807) is 29.9 Å². The Labute approximate surface area is 145 Å². The number of aryl methyl sites for hydroxylation is 1. The first-order chi connectivity index (χ1) is 12.0. The van der Waals surface area contributed by atoms with Crippen molar-refractivity contribution in [2.75, 3.05) is 0 Å². The van der Waals surface area contributed by atoms with Crippen molar-refractivity contribution >= 4 is 0 Å². The molecule has 0 spiro atoms. The molecule has 1 N–H and O–H groups in total. The second-order valence-corrected chi connectivity index (χ2v) is 5.88. The fourth-order valence-corrected chi connectivity index (χ4v) is 2.63. The maximum absolute atomic E-state index is 14.4. The van der Waals surface area contributed by atoms with Gasteiger partial charge in [0.25, 0.3) is 0 Å². The lowest BCUT2D eigenvalue weighted by molar-refractivity contribution is 0.435. The largest absolute Gasteiger partial charge is 0.454 e. The lowest BCUT2D eigenvalue weighted by atomic mass is 10.1. The minimum atomic E-state index is -0.400. The highest BCUT2D eigenvalue weighted by atomic mass is 19.1. The number of nitrogens with zero attached hydrogens (tertiary/aromatic N) is 4. The zero-order valence-electron chi connectivity index (χ0n) is 14.3. The Morgan fingerprint density at radius 2 is 1.84 bits per heavy atom. The van der Waals surface area contributed by atoms with Gasteiger partial charge in [0.1, 0.15) is 5.75 Å². The number of benzene rings is 2. The zero-order chi connectivity index (χ0) is 17.8. The predicted molar refractivity (Wildman–Crippen MR) is 91.7 cm³/mol. The summed E-state index contributed by atoms with van der Waals surface area (Å²) >= 11 is 0. The molecule has 3 rings (SSSR count). The Bertz CT molecular complexity index is 836. The number of hydrogen-bond donors (Lipinski definition) is 1. The molecule has 0 aliphatic heterocycles.